The highest BCUT2D eigenvalue weighted by Crippen LogP contribution is 2.40. The molecular weight excluding hydrogens is 234 g/mol. The van der Waals surface area contributed by atoms with Crippen molar-refractivity contribution < 1.29 is 4.74 Å². The van der Waals surface area contributed by atoms with Gasteiger partial charge in [0.2, 0.25) is 0 Å². The van der Waals surface area contributed by atoms with E-state index in [-0.39, 0.29) is 5.41 Å². The van der Waals surface area contributed by atoms with E-state index in [1.807, 2.05) is 7.05 Å². The van der Waals surface area contributed by atoms with Crippen LogP contribution in [0, 0.1) is 5.41 Å². The van der Waals surface area contributed by atoms with Gasteiger partial charge < -0.3 is 10.1 Å². The third kappa shape index (κ3) is 3.11. The van der Waals surface area contributed by atoms with E-state index in [1.165, 1.54) is 17.5 Å². The third-order valence-corrected chi connectivity index (χ3v) is 3.89. The number of nitrogens with one attached hydrogen (secondary N) is 1. The molecule has 2 nitrogen and oxygen atoms in total. The maximum absolute atomic E-state index is 5.71. The van der Waals surface area contributed by atoms with E-state index in [4.69, 9.17) is 4.74 Å². The second-order valence-corrected chi connectivity index (χ2v) is 7.53. The van der Waals surface area contributed by atoms with Gasteiger partial charge in [-0.05, 0) is 42.0 Å². The predicted molar refractivity (Wildman–Crippen MR) is 80.8 cm³/mol. The molecule has 1 aromatic carbocycles. The van der Waals surface area contributed by atoms with Crippen LogP contribution >= 0.6 is 0 Å². The number of rotatable bonds is 3. The molecule has 0 aromatic heterocycles. The Morgan fingerprint density at radius 1 is 1.21 bits per heavy atom. The van der Waals surface area contributed by atoms with Gasteiger partial charge in [0.15, 0.2) is 0 Å². The standard InChI is InChI=1S/C17H27NO/c1-16(2,3)11-17(4,5)12-7-8-15-13(9-12)14(18-6)10-19-15/h7-9,14,18H,10-11H2,1-6H3. The van der Waals surface area contributed by atoms with Gasteiger partial charge in [-0.2, -0.15) is 0 Å². The van der Waals surface area contributed by atoms with E-state index in [0.29, 0.717) is 11.5 Å². The first-order valence-corrected chi connectivity index (χ1v) is 7.17. The lowest BCUT2D eigenvalue weighted by Gasteiger charge is -2.33. The van der Waals surface area contributed by atoms with Crippen molar-refractivity contribution in [3.63, 3.8) is 0 Å². The lowest BCUT2D eigenvalue weighted by atomic mass is 9.72. The van der Waals surface area contributed by atoms with E-state index in [9.17, 15) is 0 Å². The Morgan fingerprint density at radius 2 is 1.89 bits per heavy atom. The van der Waals surface area contributed by atoms with E-state index in [0.717, 1.165) is 12.4 Å². The lowest BCUT2D eigenvalue weighted by molar-refractivity contribution is 0.284. The minimum Gasteiger partial charge on any atom is -0.491 e. The van der Waals surface area contributed by atoms with Crippen LogP contribution in [0.25, 0.3) is 0 Å². The predicted octanol–water partition coefficient (Wildman–Crippen LogP) is 4.05. The minimum atomic E-state index is 0.189. The fourth-order valence-electron chi connectivity index (χ4n) is 3.30. The summed E-state index contributed by atoms with van der Waals surface area (Å²) in [6, 6.07) is 7.02. The van der Waals surface area contributed by atoms with Crippen LogP contribution in [-0.4, -0.2) is 13.7 Å². The fourth-order valence-corrected chi connectivity index (χ4v) is 3.30. The van der Waals surface area contributed by atoms with Crippen LogP contribution in [0.1, 0.15) is 58.2 Å². The molecule has 0 spiro atoms. The summed E-state index contributed by atoms with van der Waals surface area (Å²) in [4.78, 5) is 0. The van der Waals surface area contributed by atoms with Crippen LogP contribution in [0.3, 0.4) is 0 Å². The molecule has 2 rings (SSSR count). The van der Waals surface area contributed by atoms with Gasteiger partial charge >= 0.3 is 0 Å². The monoisotopic (exact) mass is 261 g/mol. The smallest absolute Gasteiger partial charge is 0.124 e. The molecule has 2 heteroatoms. The first-order valence-electron chi connectivity index (χ1n) is 7.17. The number of hydrogen-bond donors (Lipinski definition) is 1. The van der Waals surface area contributed by atoms with Crippen molar-refractivity contribution in [3.05, 3.63) is 29.3 Å². The molecule has 1 N–H and O–H groups in total. The average Bonchev–Trinajstić information content (AvgIpc) is 2.67. The highest BCUT2D eigenvalue weighted by Gasteiger charge is 2.30. The summed E-state index contributed by atoms with van der Waals surface area (Å²) in [7, 11) is 2.00. The van der Waals surface area contributed by atoms with Crippen LogP contribution < -0.4 is 10.1 Å². The Bertz CT molecular complexity index is 457. The molecule has 0 radical (unpaired) electrons. The van der Waals surface area contributed by atoms with E-state index < -0.39 is 0 Å². The molecule has 0 fully saturated rings. The van der Waals surface area contributed by atoms with Crippen LogP contribution in [0.2, 0.25) is 0 Å². The largest absolute Gasteiger partial charge is 0.491 e. The number of likely N-dealkylation sites (N-methyl/N-ethyl adjacent to an activating group) is 1. The molecule has 0 aliphatic carbocycles. The second-order valence-electron chi connectivity index (χ2n) is 7.53. The van der Waals surface area contributed by atoms with Gasteiger partial charge in [0.05, 0.1) is 6.04 Å². The molecule has 1 unspecified atom stereocenters. The molecule has 1 atom stereocenters. The zero-order chi connectivity index (χ0) is 14.3. The summed E-state index contributed by atoms with van der Waals surface area (Å²) >= 11 is 0. The van der Waals surface area contributed by atoms with Gasteiger partial charge in [-0.15, -0.1) is 0 Å². The van der Waals surface area contributed by atoms with E-state index in [1.54, 1.807) is 0 Å². The normalized spacial score (nSPS) is 19.2. The van der Waals surface area contributed by atoms with Crippen LogP contribution in [-0.2, 0) is 5.41 Å². The number of benzene rings is 1. The number of ether oxygens (including phenoxy) is 1. The molecule has 1 aliphatic heterocycles. The maximum atomic E-state index is 5.71. The van der Waals surface area contributed by atoms with Crippen molar-refractivity contribution in [2.45, 2.75) is 52.5 Å². The van der Waals surface area contributed by atoms with Crippen molar-refractivity contribution >= 4 is 0 Å². The van der Waals surface area contributed by atoms with Gasteiger partial charge in [-0.25, -0.2) is 0 Å². The quantitative estimate of drug-likeness (QED) is 0.886. The summed E-state index contributed by atoms with van der Waals surface area (Å²) in [6.07, 6.45) is 1.17. The maximum Gasteiger partial charge on any atom is 0.124 e. The number of fused-ring (bicyclic) bond motifs is 1. The van der Waals surface area contributed by atoms with Crippen molar-refractivity contribution in [1.82, 2.24) is 5.32 Å². The Morgan fingerprint density at radius 3 is 2.47 bits per heavy atom. The fraction of sp³-hybridized carbons (Fsp3) is 0.647. The molecule has 19 heavy (non-hydrogen) atoms. The molecule has 0 bridgehead atoms. The first-order chi connectivity index (χ1) is 8.73. The average molecular weight is 261 g/mol. The van der Waals surface area contributed by atoms with Crippen LogP contribution in [0.15, 0.2) is 18.2 Å². The SMILES string of the molecule is CNC1COc2ccc(C(C)(C)CC(C)(C)C)cc21. The summed E-state index contributed by atoms with van der Waals surface area (Å²) < 4.78 is 5.71. The van der Waals surface area contributed by atoms with Gasteiger partial charge in [0, 0.05) is 5.56 Å². The van der Waals surface area contributed by atoms with Gasteiger partial charge in [0.1, 0.15) is 12.4 Å². The molecule has 1 aromatic rings. The highest BCUT2D eigenvalue weighted by molar-refractivity contribution is 5.44. The van der Waals surface area contributed by atoms with Crippen molar-refractivity contribution in [1.29, 1.82) is 0 Å². The van der Waals surface area contributed by atoms with Gasteiger partial charge in [0.25, 0.3) is 0 Å². The zero-order valence-electron chi connectivity index (χ0n) is 13.1. The van der Waals surface area contributed by atoms with E-state index >= 15 is 0 Å². The highest BCUT2D eigenvalue weighted by atomic mass is 16.5. The minimum absolute atomic E-state index is 0.189. The molecule has 1 heterocycles. The van der Waals surface area contributed by atoms with Gasteiger partial charge in [-0.1, -0.05) is 40.7 Å². The molecule has 0 saturated carbocycles. The Hall–Kier alpha value is -1.02. The molecule has 0 amide bonds. The molecule has 0 saturated heterocycles. The zero-order valence-corrected chi connectivity index (χ0v) is 13.1. The van der Waals surface area contributed by atoms with Gasteiger partial charge in [-0.3, -0.25) is 0 Å². The third-order valence-electron chi connectivity index (χ3n) is 3.89. The summed E-state index contributed by atoms with van der Waals surface area (Å²) in [6.45, 7) is 12.3. The van der Waals surface area contributed by atoms with Crippen LogP contribution in [0.4, 0.5) is 0 Å². The Kier molecular flexibility index (Phi) is 3.65. The topological polar surface area (TPSA) is 21.3 Å². The van der Waals surface area contributed by atoms with Crippen LogP contribution in [0.5, 0.6) is 5.75 Å². The molecule has 1 aliphatic rings. The Balaban J connectivity index is 2.31. The lowest BCUT2D eigenvalue weighted by Crippen LogP contribution is -2.25. The first kappa shape index (κ1) is 14.4. The Labute approximate surface area is 117 Å². The second kappa shape index (κ2) is 4.82. The molecule has 106 valence electrons. The number of hydrogen-bond acceptors (Lipinski definition) is 2. The summed E-state index contributed by atoms with van der Waals surface area (Å²) in [5, 5.41) is 3.32. The van der Waals surface area contributed by atoms with Crippen molar-refractivity contribution in [2.24, 2.45) is 5.41 Å². The summed E-state index contributed by atoms with van der Waals surface area (Å²) in [5.74, 6) is 1.04. The van der Waals surface area contributed by atoms with Crippen molar-refractivity contribution in [3.8, 4) is 5.75 Å². The summed E-state index contributed by atoms with van der Waals surface area (Å²) in [5.41, 5.74) is 3.24. The van der Waals surface area contributed by atoms with Crippen molar-refractivity contribution in [2.75, 3.05) is 13.7 Å². The molecular formula is C17H27NO. The van der Waals surface area contributed by atoms with E-state index in [2.05, 4.69) is 58.1 Å².